The molecule has 3 N–H and O–H groups in total. The van der Waals surface area contributed by atoms with Gasteiger partial charge in [-0.05, 0) is 38.0 Å². The molecule has 0 radical (unpaired) electrons. The highest BCUT2D eigenvalue weighted by Gasteiger charge is 2.44. The van der Waals surface area contributed by atoms with Crippen molar-refractivity contribution >= 4 is 23.6 Å². The van der Waals surface area contributed by atoms with Gasteiger partial charge in [-0.15, -0.1) is 0 Å². The molecule has 2 saturated heterocycles. The minimum Gasteiger partial charge on any atom is -0.316 e. The van der Waals surface area contributed by atoms with E-state index in [9.17, 15) is 19.2 Å². The first kappa shape index (κ1) is 18.8. The third-order valence-electron chi connectivity index (χ3n) is 6.05. The highest BCUT2D eigenvalue weighted by atomic mass is 16.2. The number of nitrogens with zero attached hydrogens (tertiary/aromatic N) is 1. The van der Waals surface area contributed by atoms with E-state index in [0.717, 1.165) is 23.6 Å². The molecule has 3 heterocycles. The zero-order chi connectivity index (χ0) is 20.1. The highest BCUT2D eigenvalue weighted by molar-refractivity contribution is 6.23. The number of amides is 4. The number of carbonyl (C=O) groups is 4. The molecule has 1 atom stereocenters. The molecular formula is C20H24N4O4. The molecule has 1 aromatic rings. The van der Waals surface area contributed by atoms with Gasteiger partial charge in [-0.1, -0.05) is 6.07 Å². The summed E-state index contributed by atoms with van der Waals surface area (Å²) in [7, 11) is 0. The van der Waals surface area contributed by atoms with E-state index < -0.39 is 23.8 Å². The fourth-order valence-corrected chi connectivity index (χ4v) is 3.90. The van der Waals surface area contributed by atoms with E-state index in [2.05, 4.69) is 29.8 Å². The second kappa shape index (κ2) is 6.79. The summed E-state index contributed by atoms with van der Waals surface area (Å²) in [6, 6.07) is 4.27. The quantitative estimate of drug-likeness (QED) is 0.625. The highest BCUT2D eigenvalue weighted by Crippen LogP contribution is 2.29. The molecule has 4 rings (SSSR count). The van der Waals surface area contributed by atoms with Crippen LogP contribution in [0.25, 0.3) is 0 Å². The molecule has 0 bridgehead atoms. The zero-order valence-corrected chi connectivity index (χ0v) is 16.0. The van der Waals surface area contributed by atoms with Crippen molar-refractivity contribution in [1.82, 2.24) is 20.9 Å². The van der Waals surface area contributed by atoms with Gasteiger partial charge in [-0.3, -0.25) is 29.4 Å². The first-order valence-corrected chi connectivity index (χ1v) is 9.58. The largest absolute Gasteiger partial charge is 0.316 e. The van der Waals surface area contributed by atoms with E-state index in [4.69, 9.17) is 0 Å². The lowest BCUT2D eigenvalue weighted by Crippen LogP contribution is -2.59. The van der Waals surface area contributed by atoms with Crippen LogP contribution >= 0.6 is 0 Å². The molecule has 0 aliphatic carbocycles. The maximum absolute atomic E-state index is 12.9. The van der Waals surface area contributed by atoms with Gasteiger partial charge in [0.25, 0.3) is 11.8 Å². The summed E-state index contributed by atoms with van der Waals surface area (Å²) in [4.78, 5) is 50.0. The Morgan fingerprint density at radius 1 is 1.11 bits per heavy atom. The van der Waals surface area contributed by atoms with Gasteiger partial charge in [0.15, 0.2) is 0 Å². The molecule has 2 fully saturated rings. The van der Waals surface area contributed by atoms with Gasteiger partial charge >= 0.3 is 0 Å². The predicted octanol–water partition coefficient (Wildman–Crippen LogP) is 0.175. The summed E-state index contributed by atoms with van der Waals surface area (Å²) >= 11 is 0. The molecule has 1 aromatic carbocycles. The SMILES string of the molecule is CC(C)(NCc1ccc2c(c1)C(=O)N(C1CCC(=O)NC1=O)C2=O)C1CNC1. The van der Waals surface area contributed by atoms with Crippen LogP contribution in [0.4, 0.5) is 0 Å². The van der Waals surface area contributed by atoms with Crippen LogP contribution in [0.3, 0.4) is 0 Å². The van der Waals surface area contributed by atoms with E-state index in [1.165, 1.54) is 0 Å². The summed E-state index contributed by atoms with van der Waals surface area (Å²) in [5, 5.41) is 9.01. The molecule has 0 spiro atoms. The average molecular weight is 384 g/mol. The van der Waals surface area contributed by atoms with Gasteiger partial charge in [0.2, 0.25) is 11.8 Å². The van der Waals surface area contributed by atoms with E-state index in [-0.39, 0.29) is 24.3 Å². The summed E-state index contributed by atoms with van der Waals surface area (Å²) in [5.41, 5.74) is 1.49. The van der Waals surface area contributed by atoms with Crippen LogP contribution in [0.15, 0.2) is 18.2 Å². The zero-order valence-electron chi connectivity index (χ0n) is 16.0. The predicted molar refractivity (Wildman–Crippen MR) is 100 cm³/mol. The Kier molecular flexibility index (Phi) is 4.55. The fourth-order valence-electron chi connectivity index (χ4n) is 3.90. The third kappa shape index (κ3) is 3.12. The number of fused-ring (bicyclic) bond motifs is 1. The van der Waals surface area contributed by atoms with Gasteiger partial charge in [0.05, 0.1) is 11.1 Å². The summed E-state index contributed by atoms with van der Waals surface area (Å²) in [5.74, 6) is -1.37. The molecule has 3 aliphatic rings. The van der Waals surface area contributed by atoms with Crippen molar-refractivity contribution in [1.29, 1.82) is 0 Å². The molecular weight excluding hydrogens is 360 g/mol. The van der Waals surface area contributed by atoms with Gasteiger partial charge < -0.3 is 10.6 Å². The van der Waals surface area contributed by atoms with Crippen LogP contribution in [0.5, 0.6) is 0 Å². The molecule has 0 aromatic heterocycles. The Morgan fingerprint density at radius 3 is 2.46 bits per heavy atom. The maximum Gasteiger partial charge on any atom is 0.262 e. The van der Waals surface area contributed by atoms with Crippen molar-refractivity contribution < 1.29 is 19.2 Å². The minimum absolute atomic E-state index is 0.0388. The number of piperidine rings is 1. The number of imide groups is 2. The van der Waals surface area contributed by atoms with Crippen LogP contribution < -0.4 is 16.0 Å². The molecule has 4 amide bonds. The van der Waals surface area contributed by atoms with Crippen molar-refractivity contribution in [2.24, 2.45) is 5.92 Å². The molecule has 1 unspecified atom stereocenters. The molecule has 8 heteroatoms. The van der Waals surface area contributed by atoms with Gasteiger partial charge in [-0.25, -0.2) is 0 Å². The number of hydrogen-bond acceptors (Lipinski definition) is 6. The number of nitrogens with one attached hydrogen (secondary N) is 3. The Hall–Kier alpha value is -2.58. The fraction of sp³-hybridized carbons (Fsp3) is 0.500. The molecule has 0 saturated carbocycles. The Morgan fingerprint density at radius 2 is 1.82 bits per heavy atom. The third-order valence-corrected chi connectivity index (χ3v) is 6.05. The number of benzene rings is 1. The number of carbonyl (C=O) groups excluding carboxylic acids is 4. The van der Waals surface area contributed by atoms with E-state index in [0.29, 0.717) is 23.6 Å². The molecule has 3 aliphatic heterocycles. The van der Waals surface area contributed by atoms with Crippen molar-refractivity contribution in [2.75, 3.05) is 13.1 Å². The van der Waals surface area contributed by atoms with E-state index in [1.807, 2.05) is 6.07 Å². The van der Waals surface area contributed by atoms with Crippen LogP contribution in [-0.4, -0.2) is 53.2 Å². The Bertz CT molecular complexity index is 875. The summed E-state index contributed by atoms with van der Waals surface area (Å²) < 4.78 is 0. The van der Waals surface area contributed by atoms with Crippen molar-refractivity contribution in [2.45, 2.75) is 44.8 Å². The smallest absolute Gasteiger partial charge is 0.262 e. The van der Waals surface area contributed by atoms with E-state index in [1.54, 1.807) is 12.1 Å². The normalized spacial score (nSPS) is 22.9. The second-order valence-electron chi connectivity index (χ2n) is 8.26. The second-order valence-corrected chi connectivity index (χ2v) is 8.26. The van der Waals surface area contributed by atoms with Gasteiger partial charge in [0, 0.05) is 37.5 Å². The molecule has 28 heavy (non-hydrogen) atoms. The topological polar surface area (TPSA) is 108 Å². The first-order chi connectivity index (χ1) is 13.3. The Labute approximate surface area is 163 Å². The standard InChI is InChI=1S/C20H24N4O4/c1-20(2,12-9-21-10-12)22-8-11-3-4-13-14(7-11)19(28)24(18(13)27)15-5-6-16(25)23-17(15)26/h3-4,7,12,15,21-22H,5-6,8-10H2,1-2H3,(H,23,25,26). The van der Waals surface area contributed by atoms with Crippen LogP contribution in [0.2, 0.25) is 0 Å². The minimum atomic E-state index is -0.934. The monoisotopic (exact) mass is 384 g/mol. The van der Waals surface area contributed by atoms with Crippen LogP contribution in [0.1, 0.15) is 53.0 Å². The molecule has 8 nitrogen and oxygen atoms in total. The lowest BCUT2D eigenvalue weighted by atomic mass is 9.83. The van der Waals surface area contributed by atoms with Crippen molar-refractivity contribution in [3.63, 3.8) is 0 Å². The van der Waals surface area contributed by atoms with E-state index >= 15 is 0 Å². The van der Waals surface area contributed by atoms with Gasteiger partial charge in [0.1, 0.15) is 6.04 Å². The summed E-state index contributed by atoms with van der Waals surface area (Å²) in [6.45, 7) is 6.86. The van der Waals surface area contributed by atoms with Crippen LogP contribution in [0, 0.1) is 5.92 Å². The number of hydrogen-bond donors (Lipinski definition) is 3. The number of rotatable bonds is 5. The lowest BCUT2D eigenvalue weighted by molar-refractivity contribution is -0.136. The van der Waals surface area contributed by atoms with Crippen LogP contribution in [-0.2, 0) is 16.1 Å². The average Bonchev–Trinajstić information content (AvgIpc) is 2.83. The maximum atomic E-state index is 12.9. The van der Waals surface area contributed by atoms with Crippen molar-refractivity contribution in [3.8, 4) is 0 Å². The summed E-state index contributed by atoms with van der Waals surface area (Å²) in [6.07, 6.45) is 0.276. The molecule has 148 valence electrons. The Balaban J connectivity index is 1.51. The van der Waals surface area contributed by atoms with Crippen molar-refractivity contribution in [3.05, 3.63) is 34.9 Å². The lowest BCUT2D eigenvalue weighted by Gasteiger charge is -2.41. The van der Waals surface area contributed by atoms with Gasteiger partial charge in [-0.2, -0.15) is 0 Å². The first-order valence-electron chi connectivity index (χ1n) is 9.58.